The molecule has 0 spiro atoms. The van der Waals surface area contributed by atoms with Gasteiger partial charge in [0.25, 0.3) is 6.43 Å². The van der Waals surface area contributed by atoms with Crippen LogP contribution >= 0.6 is 0 Å². The molecule has 0 amide bonds. The molecule has 1 heterocycles. The summed E-state index contributed by atoms with van der Waals surface area (Å²) in [6.45, 7) is -0.290. The molecule has 0 unspecified atom stereocenters. The third-order valence-electron chi connectivity index (χ3n) is 2.38. The zero-order valence-electron chi connectivity index (χ0n) is 9.69. The van der Waals surface area contributed by atoms with Crippen molar-refractivity contribution in [1.82, 2.24) is 4.98 Å². The van der Waals surface area contributed by atoms with Gasteiger partial charge in [-0.15, -0.1) is 0 Å². The number of hydrogen-bond acceptors (Lipinski definition) is 3. The highest BCUT2D eigenvalue weighted by Gasteiger charge is 2.11. The van der Waals surface area contributed by atoms with Crippen LogP contribution in [0.5, 0.6) is 11.5 Å². The molecule has 1 N–H and O–H groups in total. The third-order valence-corrected chi connectivity index (χ3v) is 2.38. The number of alkyl halides is 2. The number of pyridine rings is 1. The van der Waals surface area contributed by atoms with E-state index in [-0.39, 0.29) is 18.1 Å². The van der Waals surface area contributed by atoms with Gasteiger partial charge in [0.1, 0.15) is 11.4 Å². The number of benzene rings is 1. The average molecular weight is 269 g/mol. The monoisotopic (exact) mass is 269 g/mol. The van der Waals surface area contributed by atoms with E-state index in [1.807, 2.05) is 0 Å². The van der Waals surface area contributed by atoms with Crippen LogP contribution in [-0.2, 0) is 6.61 Å². The second-order valence-electron chi connectivity index (χ2n) is 3.74. The molecule has 100 valence electrons. The Hall–Kier alpha value is -2.08. The molecule has 6 heteroatoms. The predicted octanol–water partition coefficient (Wildman–Crippen LogP) is 3.44. The van der Waals surface area contributed by atoms with Crippen molar-refractivity contribution in [3.8, 4) is 11.5 Å². The molecule has 0 bridgehead atoms. The normalized spacial score (nSPS) is 10.8. The van der Waals surface area contributed by atoms with Gasteiger partial charge in [-0.2, -0.15) is 0 Å². The molecule has 0 fully saturated rings. The number of hydrogen-bond donors (Lipinski definition) is 1. The van der Waals surface area contributed by atoms with Crippen LogP contribution in [0, 0.1) is 5.82 Å². The summed E-state index contributed by atoms with van der Waals surface area (Å²) < 4.78 is 43.6. The molecular formula is C13H10F3NO2. The first-order chi connectivity index (χ1) is 9.10. The molecule has 2 aromatic rings. The van der Waals surface area contributed by atoms with Gasteiger partial charge in [-0.25, -0.2) is 13.2 Å². The van der Waals surface area contributed by atoms with Gasteiger partial charge in [-0.1, -0.05) is 6.07 Å². The van der Waals surface area contributed by atoms with E-state index < -0.39 is 17.9 Å². The Morgan fingerprint density at radius 2 is 2.00 bits per heavy atom. The molecule has 0 saturated heterocycles. The molecule has 0 saturated carbocycles. The fraction of sp³-hybridized carbons (Fsp3) is 0.154. The average Bonchev–Trinajstić information content (AvgIpc) is 2.41. The van der Waals surface area contributed by atoms with E-state index >= 15 is 0 Å². The van der Waals surface area contributed by atoms with Crippen LogP contribution in [0.4, 0.5) is 13.2 Å². The van der Waals surface area contributed by atoms with Crippen molar-refractivity contribution in [3.05, 3.63) is 53.6 Å². The second kappa shape index (κ2) is 5.71. The second-order valence-corrected chi connectivity index (χ2v) is 3.74. The maximum absolute atomic E-state index is 13.6. The first kappa shape index (κ1) is 13.4. The number of ether oxygens (including phenoxy) is 1. The van der Waals surface area contributed by atoms with Crippen LogP contribution in [-0.4, -0.2) is 10.1 Å². The van der Waals surface area contributed by atoms with Gasteiger partial charge in [0.05, 0.1) is 6.61 Å². The Balaban J connectivity index is 2.23. The van der Waals surface area contributed by atoms with Crippen molar-refractivity contribution < 1.29 is 23.0 Å². The SMILES string of the molecule is OCc1ccc(Oc2ccnc(C(F)F)c2)c(F)c1. The summed E-state index contributed by atoms with van der Waals surface area (Å²) in [6, 6.07) is 6.32. The van der Waals surface area contributed by atoms with Crippen LogP contribution in [0.15, 0.2) is 36.5 Å². The van der Waals surface area contributed by atoms with Crippen molar-refractivity contribution in [2.75, 3.05) is 0 Å². The summed E-state index contributed by atoms with van der Waals surface area (Å²) in [4.78, 5) is 3.47. The van der Waals surface area contributed by atoms with Gasteiger partial charge < -0.3 is 9.84 Å². The smallest absolute Gasteiger partial charge is 0.280 e. The zero-order valence-corrected chi connectivity index (χ0v) is 9.69. The minimum Gasteiger partial charge on any atom is -0.454 e. The van der Waals surface area contributed by atoms with Gasteiger partial charge in [0, 0.05) is 12.3 Å². The van der Waals surface area contributed by atoms with Crippen LogP contribution in [0.1, 0.15) is 17.7 Å². The number of nitrogens with zero attached hydrogens (tertiary/aromatic N) is 1. The van der Waals surface area contributed by atoms with Crippen LogP contribution in [0.2, 0.25) is 0 Å². The molecule has 2 rings (SSSR count). The fourth-order valence-corrected chi connectivity index (χ4v) is 1.46. The first-order valence-electron chi connectivity index (χ1n) is 5.41. The summed E-state index contributed by atoms with van der Waals surface area (Å²) in [6.07, 6.45) is -1.55. The lowest BCUT2D eigenvalue weighted by Crippen LogP contribution is -1.94. The fourth-order valence-electron chi connectivity index (χ4n) is 1.46. The van der Waals surface area contributed by atoms with Crippen molar-refractivity contribution in [1.29, 1.82) is 0 Å². The highest BCUT2D eigenvalue weighted by atomic mass is 19.3. The number of aliphatic hydroxyl groups is 1. The van der Waals surface area contributed by atoms with E-state index in [0.29, 0.717) is 5.56 Å². The standard InChI is InChI=1S/C13H10F3NO2/c14-10-5-8(7-18)1-2-12(10)19-9-3-4-17-11(6-9)13(15)16/h1-6,13,18H,7H2. The lowest BCUT2D eigenvalue weighted by atomic mass is 10.2. The van der Waals surface area contributed by atoms with Crippen molar-refractivity contribution in [2.45, 2.75) is 13.0 Å². The Labute approximate surface area is 107 Å². The maximum Gasteiger partial charge on any atom is 0.280 e. The van der Waals surface area contributed by atoms with Crippen molar-refractivity contribution in [3.63, 3.8) is 0 Å². The molecular weight excluding hydrogens is 259 g/mol. The van der Waals surface area contributed by atoms with Gasteiger partial charge in [0.15, 0.2) is 11.6 Å². The van der Waals surface area contributed by atoms with Gasteiger partial charge in [-0.05, 0) is 23.8 Å². The lowest BCUT2D eigenvalue weighted by Gasteiger charge is -2.08. The summed E-state index contributed by atoms with van der Waals surface area (Å²) in [5, 5.41) is 8.84. The minimum absolute atomic E-state index is 0.0703. The molecule has 1 aromatic heterocycles. The van der Waals surface area contributed by atoms with Gasteiger partial charge in [-0.3, -0.25) is 4.98 Å². The van der Waals surface area contributed by atoms with E-state index in [1.165, 1.54) is 18.2 Å². The molecule has 3 nitrogen and oxygen atoms in total. The first-order valence-corrected chi connectivity index (χ1v) is 5.41. The largest absolute Gasteiger partial charge is 0.454 e. The predicted molar refractivity (Wildman–Crippen MR) is 61.6 cm³/mol. The number of rotatable bonds is 4. The summed E-state index contributed by atoms with van der Waals surface area (Å²) in [5.74, 6) is -0.716. The minimum atomic E-state index is -2.72. The summed E-state index contributed by atoms with van der Waals surface area (Å²) >= 11 is 0. The van der Waals surface area contributed by atoms with Gasteiger partial charge in [0.2, 0.25) is 0 Å². The van der Waals surface area contributed by atoms with E-state index in [2.05, 4.69) is 4.98 Å². The maximum atomic E-state index is 13.6. The number of aromatic nitrogens is 1. The molecule has 0 radical (unpaired) electrons. The molecule has 0 aliphatic rings. The Morgan fingerprint density at radius 1 is 1.21 bits per heavy atom. The molecule has 0 aliphatic carbocycles. The Kier molecular flexibility index (Phi) is 4.01. The van der Waals surface area contributed by atoms with Crippen molar-refractivity contribution in [2.24, 2.45) is 0 Å². The molecule has 0 aliphatic heterocycles. The Bertz CT molecular complexity index is 576. The lowest BCUT2D eigenvalue weighted by molar-refractivity contribution is 0.145. The van der Waals surface area contributed by atoms with Crippen LogP contribution in [0.3, 0.4) is 0 Å². The number of halogens is 3. The Morgan fingerprint density at radius 3 is 2.63 bits per heavy atom. The molecule has 0 atom stereocenters. The van der Waals surface area contributed by atoms with Crippen LogP contribution < -0.4 is 4.74 Å². The van der Waals surface area contributed by atoms with E-state index in [4.69, 9.17) is 9.84 Å². The topological polar surface area (TPSA) is 42.4 Å². The van der Waals surface area contributed by atoms with E-state index in [1.54, 1.807) is 0 Å². The van der Waals surface area contributed by atoms with Gasteiger partial charge >= 0.3 is 0 Å². The molecule has 19 heavy (non-hydrogen) atoms. The third kappa shape index (κ3) is 3.23. The quantitative estimate of drug-likeness (QED) is 0.924. The zero-order chi connectivity index (χ0) is 13.8. The van der Waals surface area contributed by atoms with E-state index in [0.717, 1.165) is 18.3 Å². The summed E-state index contributed by atoms with van der Waals surface area (Å²) in [7, 11) is 0. The van der Waals surface area contributed by atoms with Crippen LogP contribution in [0.25, 0.3) is 0 Å². The highest BCUT2D eigenvalue weighted by Crippen LogP contribution is 2.27. The van der Waals surface area contributed by atoms with E-state index in [9.17, 15) is 13.2 Å². The number of aliphatic hydroxyl groups excluding tert-OH is 1. The molecule has 1 aromatic carbocycles. The summed E-state index contributed by atoms with van der Waals surface area (Å²) in [5.41, 5.74) is -0.0438. The highest BCUT2D eigenvalue weighted by molar-refractivity contribution is 5.34. The van der Waals surface area contributed by atoms with Crippen molar-refractivity contribution >= 4 is 0 Å².